The van der Waals surface area contributed by atoms with E-state index < -0.39 is 0 Å². The number of Topliss-reactive ketones (excluding diaryl/α,β-unsaturated/α-hetero) is 1. The van der Waals surface area contributed by atoms with Crippen molar-refractivity contribution in [2.24, 2.45) is 0 Å². The molecular formula is C16H19NO3. The molecule has 1 fully saturated rings. The van der Waals surface area contributed by atoms with E-state index >= 15 is 0 Å². The van der Waals surface area contributed by atoms with E-state index in [9.17, 15) is 14.4 Å². The third-order valence-corrected chi connectivity index (χ3v) is 3.62. The quantitative estimate of drug-likeness (QED) is 0.625. The Morgan fingerprint density at radius 1 is 1.05 bits per heavy atom. The second kappa shape index (κ2) is 6.46. The molecule has 0 unspecified atom stereocenters. The van der Waals surface area contributed by atoms with Crippen molar-refractivity contribution in [1.29, 1.82) is 0 Å². The Bertz CT molecular complexity index is 501. The van der Waals surface area contributed by atoms with Gasteiger partial charge in [0.05, 0.1) is 6.54 Å². The van der Waals surface area contributed by atoms with Crippen molar-refractivity contribution in [2.45, 2.75) is 39.0 Å². The second-order valence-corrected chi connectivity index (χ2v) is 5.05. The fourth-order valence-corrected chi connectivity index (χ4v) is 2.30. The first-order valence-corrected chi connectivity index (χ1v) is 7.07. The predicted molar refractivity (Wildman–Crippen MR) is 75.3 cm³/mol. The minimum absolute atomic E-state index is 0.136. The zero-order chi connectivity index (χ0) is 14.5. The number of amides is 2. The van der Waals surface area contributed by atoms with Crippen LogP contribution < -0.4 is 0 Å². The summed E-state index contributed by atoms with van der Waals surface area (Å²) in [6.07, 6.45) is 3.07. The Labute approximate surface area is 118 Å². The molecule has 2 amide bonds. The van der Waals surface area contributed by atoms with Crippen LogP contribution in [0.4, 0.5) is 0 Å². The molecule has 1 aliphatic heterocycles. The van der Waals surface area contributed by atoms with Crippen LogP contribution in [0.15, 0.2) is 24.3 Å². The summed E-state index contributed by atoms with van der Waals surface area (Å²) in [5, 5.41) is 0. The Morgan fingerprint density at radius 3 is 2.10 bits per heavy atom. The lowest BCUT2D eigenvalue weighted by molar-refractivity contribution is -0.143. The number of aryl methyl sites for hydroxylation is 1. The topological polar surface area (TPSA) is 54.5 Å². The lowest BCUT2D eigenvalue weighted by atomic mass is 10.1. The molecule has 0 radical (unpaired) electrons. The minimum atomic E-state index is -0.231. The summed E-state index contributed by atoms with van der Waals surface area (Å²) in [6, 6.07) is 7.32. The molecule has 1 aromatic carbocycles. The van der Waals surface area contributed by atoms with Gasteiger partial charge in [-0.1, -0.05) is 31.2 Å². The summed E-state index contributed by atoms with van der Waals surface area (Å²) in [5.41, 5.74) is 1.70. The molecule has 0 N–H and O–H groups in total. The SMILES string of the molecule is CCc1ccc(C(=O)CN2C(=O)CCCCC2=O)cc1. The van der Waals surface area contributed by atoms with Gasteiger partial charge in [-0.2, -0.15) is 0 Å². The third-order valence-electron chi connectivity index (χ3n) is 3.62. The molecule has 1 heterocycles. The van der Waals surface area contributed by atoms with E-state index in [4.69, 9.17) is 0 Å². The van der Waals surface area contributed by atoms with Gasteiger partial charge in [0.15, 0.2) is 5.78 Å². The van der Waals surface area contributed by atoms with Crippen LogP contribution in [-0.2, 0) is 16.0 Å². The van der Waals surface area contributed by atoms with E-state index in [1.807, 2.05) is 19.1 Å². The molecule has 20 heavy (non-hydrogen) atoms. The molecule has 1 aliphatic rings. The lowest BCUT2D eigenvalue weighted by Gasteiger charge is -2.17. The number of ketones is 1. The fraction of sp³-hybridized carbons (Fsp3) is 0.438. The molecule has 4 heteroatoms. The lowest BCUT2D eigenvalue weighted by Crippen LogP contribution is -2.39. The smallest absolute Gasteiger partial charge is 0.229 e. The minimum Gasteiger partial charge on any atom is -0.292 e. The maximum Gasteiger partial charge on any atom is 0.229 e. The predicted octanol–water partition coefficient (Wildman–Crippen LogP) is 2.36. The van der Waals surface area contributed by atoms with Crippen molar-refractivity contribution in [3.63, 3.8) is 0 Å². The van der Waals surface area contributed by atoms with Gasteiger partial charge in [-0.15, -0.1) is 0 Å². The van der Waals surface area contributed by atoms with Crippen molar-refractivity contribution in [3.05, 3.63) is 35.4 Å². The normalized spacial score (nSPS) is 16.1. The fourth-order valence-electron chi connectivity index (χ4n) is 2.30. The first-order valence-electron chi connectivity index (χ1n) is 7.07. The first-order chi connectivity index (χ1) is 9.61. The molecule has 0 spiro atoms. The third kappa shape index (κ3) is 3.32. The maximum atomic E-state index is 12.2. The van der Waals surface area contributed by atoms with Crippen molar-refractivity contribution >= 4 is 17.6 Å². The van der Waals surface area contributed by atoms with Crippen LogP contribution in [0, 0.1) is 0 Å². The van der Waals surface area contributed by atoms with Crippen LogP contribution >= 0.6 is 0 Å². The largest absolute Gasteiger partial charge is 0.292 e. The Kier molecular flexibility index (Phi) is 4.66. The van der Waals surface area contributed by atoms with Crippen LogP contribution in [0.2, 0.25) is 0 Å². The average Bonchev–Trinajstić information content (AvgIpc) is 2.62. The average molecular weight is 273 g/mol. The van der Waals surface area contributed by atoms with Gasteiger partial charge in [0.1, 0.15) is 0 Å². The standard InChI is InChI=1S/C16H19NO3/c1-2-12-7-9-13(10-8-12)14(18)11-17-15(19)5-3-4-6-16(17)20/h7-10H,2-6,11H2,1H3. The Morgan fingerprint density at radius 2 is 1.60 bits per heavy atom. The van der Waals surface area contributed by atoms with Crippen LogP contribution in [0.3, 0.4) is 0 Å². The number of imide groups is 1. The Balaban J connectivity index is 2.08. The summed E-state index contributed by atoms with van der Waals surface area (Å²) >= 11 is 0. The second-order valence-electron chi connectivity index (χ2n) is 5.05. The van der Waals surface area contributed by atoms with Crippen LogP contribution in [0.1, 0.15) is 48.5 Å². The van der Waals surface area contributed by atoms with E-state index in [0.717, 1.165) is 29.7 Å². The van der Waals surface area contributed by atoms with Gasteiger partial charge in [0.25, 0.3) is 0 Å². The first kappa shape index (κ1) is 14.4. The molecule has 1 saturated heterocycles. The van der Waals surface area contributed by atoms with Gasteiger partial charge in [-0.05, 0) is 24.8 Å². The number of rotatable bonds is 4. The van der Waals surface area contributed by atoms with E-state index in [-0.39, 0.29) is 24.1 Å². The summed E-state index contributed by atoms with van der Waals surface area (Å²) in [5.74, 6) is -0.645. The van der Waals surface area contributed by atoms with Gasteiger partial charge >= 0.3 is 0 Å². The molecule has 0 atom stereocenters. The molecule has 0 aliphatic carbocycles. The van der Waals surface area contributed by atoms with Crippen molar-refractivity contribution in [3.8, 4) is 0 Å². The molecule has 4 nitrogen and oxygen atoms in total. The molecule has 0 saturated carbocycles. The van der Waals surface area contributed by atoms with Crippen molar-refractivity contribution in [1.82, 2.24) is 4.90 Å². The molecule has 1 aromatic rings. The highest BCUT2D eigenvalue weighted by molar-refractivity contribution is 6.04. The summed E-state index contributed by atoms with van der Waals surface area (Å²) in [6.45, 7) is 1.91. The Hall–Kier alpha value is -1.97. The highest BCUT2D eigenvalue weighted by atomic mass is 16.2. The van der Waals surface area contributed by atoms with Crippen molar-refractivity contribution in [2.75, 3.05) is 6.54 Å². The van der Waals surface area contributed by atoms with E-state index in [1.165, 1.54) is 0 Å². The molecule has 2 rings (SSSR count). The monoisotopic (exact) mass is 273 g/mol. The van der Waals surface area contributed by atoms with E-state index in [2.05, 4.69) is 0 Å². The zero-order valence-corrected chi connectivity index (χ0v) is 11.7. The van der Waals surface area contributed by atoms with E-state index in [0.29, 0.717) is 18.4 Å². The molecule has 0 aromatic heterocycles. The number of hydrogen-bond donors (Lipinski definition) is 0. The highest BCUT2D eigenvalue weighted by Crippen LogP contribution is 2.14. The molecule has 0 bridgehead atoms. The van der Waals surface area contributed by atoms with Gasteiger partial charge < -0.3 is 0 Å². The molecular weight excluding hydrogens is 254 g/mol. The van der Waals surface area contributed by atoms with Gasteiger partial charge in [-0.25, -0.2) is 0 Å². The number of nitrogens with zero attached hydrogens (tertiary/aromatic N) is 1. The maximum absolute atomic E-state index is 12.2. The number of hydrogen-bond acceptors (Lipinski definition) is 3. The van der Waals surface area contributed by atoms with Gasteiger partial charge in [-0.3, -0.25) is 19.3 Å². The zero-order valence-electron chi connectivity index (χ0n) is 11.7. The van der Waals surface area contributed by atoms with Crippen LogP contribution in [-0.4, -0.2) is 29.0 Å². The summed E-state index contributed by atoms with van der Waals surface area (Å²) < 4.78 is 0. The number of benzene rings is 1. The number of carbonyl (C=O) groups is 3. The number of likely N-dealkylation sites (tertiary alicyclic amines) is 1. The van der Waals surface area contributed by atoms with Crippen molar-refractivity contribution < 1.29 is 14.4 Å². The van der Waals surface area contributed by atoms with Gasteiger partial charge in [0.2, 0.25) is 11.8 Å². The van der Waals surface area contributed by atoms with E-state index in [1.54, 1.807) is 12.1 Å². The van der Waals surface area contributed by atoms with Crippen LogP contribution in [0.5, 0.6) is 0 Å². The number of carbonyl (C=O) groups excluding carboxylic acids is 3. The summed E-state index contributed by atoms with van der Waals surface area (Å²) in [7, 11) is 0. The molecule has 106 valence electrons. The van der Waals surface area contributed by atoms with Crippen LogP contribution in [0.25, 0.3) is 0 Å². The highest BCUT2D eigenvalue weighted by Gasteiger charge is 2.26. The van der Waals surface area contributed by atoms with Gasteiger partial charge in [0, 0.05) is 18.4 Å². The summed E-state index contributed by atoms with van der Waals surface area (Å²) in [4.78, 5) is 37.0.